The highest BCUT2D eigenvalue weighted by atomic mass is 19.1. The lowest BCUT2D eigenvalue weighted by molar-refractivity contribution is 0.622. The van der Waals surface area contributed by atoms with Crippen molar-refractivity contribution in [3.63, 3.8) is 0 Å². The van der Waals surface area contributed by atoms with E-state index >= 15 is 0 Å². The quantitative estimate of drug-likeness (QED) is 0.857. The molecule has 2 N–H and O–H groups in total. The van der Waals surface area contributed by atoms with E-state index in [0.29, 0.717) is 5.92 Å². The van der Waals surface area contributed by atoms with Crippen LogP contribution in [0.3, 0.4) is 0 Å². The third-order valence-electron chi connectivity index (χ3n) is 3.90. The number of hydrogen-bond acceptors (Lipinski definition) is 1. The average Bonchev–Trinajstić information content (AvgIpc) is 2.45. The average molecular weight is 271 g/mol. The first-order valence-corrected chi connectivity index (χ1v) is 7.13. The van der Waals surface area contributed by atoms with Crippen LogP contribution in [0.25, 0.3) is 0 Å². The van der Waals surface area contributed by atoms with E-state index in [1.807, 2.05) is 25.1 Å². The molecule has 2 aromatic rings. The van der Waals surface area contributed by atoms with Crippen LogP contribution in [0.5, 0.6) is 0 Å². The zero-order valence-electron chi connectivity index (χ0n) is 12.4. The highest BCUT2D eigenvalue weighted by molar-refractivity contribution is 5.35. The normalized spacial score (nSPS) is 14.1. The fraction of sp³-hybridized carbons (Fsp3) is 0.333. The van der Waals surface area contributed by atoms with E-state index in [1.54, 1.807) is 0 Å². The van der Waals surface area contributed by atoms with Gasteiger partial charge in [0.25, 0.3) is 0 Å². The van der Waals surface area contributed by atoms with Crippen molar-refractivity contribution in [2.24, 2.45) is 5.73 Å². The Balaban J connectivity index is 2.26. The highest BCUT2D eigenvalue weighted by Gasteiger charge is 2.11. The second-order valence-corrected chi connectivity index (χ2v) is 5.52. The summed E-state index contributed by atoms with van der Waals surface area (Å²) in [4.78, 5) is 0. The van der Waals surface area contributed by atoms with Crippen LogP contribution in [0.4, 0.5) is 4.39 Å². The summed E-state index contributed by atoms with van der Waals surface area (Å²) in [6.07, 6.45) is 1.12. The van der Waals surface area contributed by atoms with Crippen LogP contribution in [0, 0.1) is 12.7 Å². The Kier molecular flexibility index (Phi) is 4.56. The van der Waals surface area contributed by atoms with Crippen molar-refractivity contribution in [3.05, 3.63) is 70.5 Å². The maximum absolute atomic E-state index is 13.5. The molecule has 2 heteroatoms. The van der Waals surface area contributed by atoms with Gasteiger partial charge in [0.1, 0.15) is 5.82 Å². The molecule has 2 aromatic carbocycles. The number of nitrogens with two attached hydrogens (primary N) is 1. The minimum Gasteiger partial charge on any atom is -0.320 e. The van der Waals surface area contributed by atoms with Gasteiger partial charge in [-0.3, -0.25) is 0 Å². The molecular formula is C18H22FN. The summed E-state index contributed by atoms with van der Waals surface area (Å²) in [6.45, 7) is 6.27. The van der Waals surface area contributed by atoms with Crippen molar-refractivity contribution in [1.82, 2.24) is 0 Å². The highest BCUT2D eigenvalue weighted by Crippen LogP contribution is 2.24. The van der Waals surface area contributed by atoms with Gasteiger partial charge in [-0.1, -0.05) is 44.2 Å². The molecular weight excluding hydrogens is 249 g/mol. The lowest BCUT2D eigenvalue weighted by Crippen LogP contribution is -2.12. The maximum Gasteiger partial charge on any atom is 0.123 e. The molecule has 0 aliphatic carbocycles. The Morgan fingerprint density at radius 2 is 1.60 bits per heavy atom. The summed E-state index contributed by atoms with van der Waals surface area (Å²) < 4.78 is 13.5. The molecule has 0 heterocycles. The summed E-state index contributed by atoms with van der Waals surface area (Å²) in [5.41, 5.74) is 10.3. The van der Waals surface area contributed by atoms with Crippen LogP contribution in [0.1, 0.15) is 54.5 Å². The van der Waals surface area contributed by atoms with Crippen molar-refractivity contribution in [2.75, 3.05) is 0 Å². The zero-order valence-corrected chi connectivity index (χ0v) is 12.4. The summed E-state index contributed by atoms with van der Waals surface area (Å²) >= 11 is 0. The van der Waals surface area contributed by atoms with Gasteiger partial charge in [-0.25, -0.2) is 4.39 Å². The maximum atomic E-state index is 13.5. The van der Waals surface area contributed by atoms with Crippen LogP contribution in [0.15, 0.2) is 42.5 Å². The third kappa shape index (κ3) is 3.26. The topological polar surface area (TPSA) is 26.0 Å². The lowest BCUT2D eigenvalue weighted by Gasteiger charge is -2.15. The summed E-state index contributed by atoms with van der Waals surface area (Å²) in [5.74, 6) is 0.323. The van der Waals surface area contributed by atoms with Crippen molar-refractivity contribution in [2.45, 2.75) is 39.2 Å². The fourth-order valence-corrected chi connectivity index (χ4v) is 2.40. The molecule has 0 saturated carbocycles. The Labute approximate surface area is 120 Å². The first-order valence-electron chi connectivity index (χ1n) is 7.13. The van der Waals surface area contributed by atoms with Crippen LogP contribution >= 0.6 is 0 Å². The second kappa shape index (κ2) is 6.19. The van der Waals surface area contributed by atoms with Gasteiger partial charge in [0, 0.05) is 0 Å². The number of halogens is 1. The molecule has 0 radical (unpaired) electrons. The minimum atomic E-state index is -0.282. The van der Waals surface area contributed by atoms with Gasteiger partial charge in [-0.2, -0.15) is 0 Å². The van der Waals surface area contributed by atoms with Crippen LogP contribution in [-0.2, 0) is 0 Å². The Morgan fingerprint density at radius 3 is 2.15 bits per heavy atom. The van der Waals surface area contributed by atoms with Crippen molar-refractivity contribution in [1.29, 1.82) is 0 Å². The van der Waals surface area contributed by atoms with Gasteiger partial charge < -0.3 is 5.73 Å². The molecule has 2 unspecified atom stereocenters. The molecule has 0 spiro atoms. The van der Waals surface area contributed by atoms with Gasteiger partial charge in [-0.15, -0.1) is 0 Å². The largest absolute Gasteiger partial charge is 0.320 e. The van der Waals surface area contributed by atoms with Crippen LogP contribution in [-0.4, -0.2) is 0 Å². The van der Waals surface area contributed by atoms with Gasteiger partial charge in [0.05, 0.1) is 6.04 Å². The van der Waals surface area contributed by atoms with Gasteiger partial charge >= 0.3 is 0 Å². The van der Waals surface area contributed by atoms with E-state index in [9.17, 15) is 4.39 Å². The third-order valence-corrected chi connectivity index (χ3v) is 3.90. The fourth-order valence-electron chi connectivity index (χ4n) is 2.40. The molecule has 2 atom stereocenters. The molecule has 0 amide bonds. The number of hydrogen-bond donors (Lipinski definition) is 1. The molecule has 2 rings (SSSR count). The van der Waals surface area contributed by atoms with Gasteiger partial charge in [-0.05, 0) is 53.6 Å². The van der Waals surface area contributed by atoms with Crippen molar-refractivity contribution in [3.8, 4) is 0 Å². The minimum absolute atomic E-state index is 0.230. The van der Waals surface area contributed by atoms with E-state index in [4.69, 9.17) is 5.73 Å². The Bertz CT molecular complexity index is 554. The molecule has 0 aliphatic rings. The predicted octanol–water partition coefficient (Wildman–Crippen LogP) is 4.70. The Hall–Kier alpha value is -1.67. The monoisotopic (exact) mass is 271 g/mol. The number of aryl methyl sites for hydroxylation is 1. The van der Waals surface area contributed by atoms with Crippen molar-refractivity contribution < 1.29 is 4.39 Å². The molecule has 1 nitrogen and oxygen atoms in total. The van der Waals surface area contributed by atoms with E-state index in [0.717, 1.165) is 23.1 Å². The summed E-state index contributed by atoms with van der Waals surface area (Å²) in [5, 5.41) is 0. The zero-order chi connectivity index (χ0) is 14.7. The van der Waals surface area contributed by atoms with Crippen LogP contribution in [0.2, 0.25) is 0 Å². The van der Waals surface area contributed by atoms with Crippen molar-refractivity contribution >= 4 is 0 Å². The van der Waals surface area contributed by atoms with Gasteiger partial charge in [0.15, 0.2) is 0 Å². The van der Waals surface area contributed by atoms with Gasteiger partial charge in [0.2, 0.25) is 0 Å². The molecule has 0 aromatic heterocycles. The molecule has 0 fully saturated rings. The van der Waals surface area contributed by atoms with E-state index in [1.165, 1.54) is 17.7 Å². The molecule has 20 heavy (non-hydrogen) atoms. The SMILES string of the molecule is CCC(C)c1ccc(C(N)c2cc(C)cc(F)c2)cc1. The first kappa shape index (κ1) is 14.7. The molecule has 0 saturated heterocycles. The summed E-state index contributed by atoms with van der Waals surface area (Å²) in [7, 11) is 0. The van der Waals surface area contributed by atoms with E-state index in [-0.39, 0.29) is 11.9 Å². The van der Waals surface area contributed by atoms with Crippen LogP contribution < -0.4 is 5.73 Å². The van der Waals surface area contributed by atoms with E-state index in [2.05, 4.69) is 26.0 Å². The lowest BCUT2D eigenvalue weighted by atomic mass is 9.93. The number of benzene rings is 2. The smallest absolute Gasteiger partial charge is 0.123 e. The molecule has 0 bridgehead atoms. The summed E-state index contributed by atoms with van der Waals surface area (Å²) in [6, 6.07) is 13.0. The van der Waals surface area contributed by atoms with E-state index < -0.39 is 0 Å². The second-order valence-electron chi connectivity index (χ2n) is 5.52. The predicted molar refractivity (Wildman–Crippen MR) is 82.3 cm³/mol. The standard InChI is InChI=1S/C18H22FN/c1-4-13(3)14-5-7-15(8-6-14)18(20)16-9-12(2)10-17(19)11-16/h5-11,13,18H,4,20H2,1-3H3. The Morgan fingerprint density at radius 1 is 1.00 bits per heavy atom. The number of rotatable bonds is 4. The first-order chi connectivity index (χ1) is 9.51. The molecule has 106 valence electrons. The molecule has 0 aliphatic heterocycles.